The molecule has 0 amide bonds. The van der Waals surface area contributed by atoms with Crippen molar-refractivity contribution in [2.24, 2.45) is 0 Å². The fourth-order valence-corrected chi connectivity index (χ4v) is 3.33. The molecular weight excluding hydrogens is 350 g/mol. The van der Waals surface area contributed by atoms with Gasteiger partial charge in [-0.25, -0.2) is 4.79 Å². The Morgan fingerprint density at radius 1 is 1.35 bits per heavy atom. The van der Waals surface area contributed by atoms with E-state index in [9.17, 15) is 4.79 Å². The third-order valence-corrected chi connectivity index (χ3v) is 4.69. The zero-order chi connectivity index (χ0) is 18.5. The van der Waals surface area contributed by atoms with Crippen LogP contribution in [0.25, 0.3) is 11.4 Å². The first-order chi connectivity index (χ1) is 12.6. The summed E-state index contributed by atoms with van der Waals surface area (Å²) in [5, 5.41) is 9.42. The third kappa shape index (κ3) is 3.88. The highest BCUT2D eigenvalue weighted by Crippen LogP contribution is 2.27. The number of allylic oxidation sites excluding steroid dienone is 1. The van der Waals surface area contributed by atoms with Crippen LogP contribution in [0.2, 0.25) is 0 Å². The first-order valence-corrected chi connectivity index (χ1v) is 9.02. The maximum absolute atomic E-state index is 11.5. The average Bonchev–Trinajstić information content (AvgIpc) is 3.27. The van der Waals surface area contributed by atoms with Gasteiger partial charge in [-0.15, -0.1) is 16.8 Å². The van der Waals surface area contributed by atoms with Gasteiger partial charge in [0.2, 0.25) is 5.76 Å². The van der Waals surface area contributed by atoms with Crippen molar-refractivity contribution in [3.05, 3.63) is 66.1 Å². The van der Waals surface area contributed by atoms with Crippen LogP contribution in [0.1, 0.15) is 21.9 Å². The third-order valence-electron chi connectivity index (χ3n) is 3.70. The van der Waals surface area contributed by atoms with E-state index in [1.54, 1.807) is 12.1 Å². The summed E-state index contributed by atoms with van der Waals surface area (Å²) in [7, 11) is 1.32. The molecule has 3 aromatic rings. The monoisotopic (exact) mass is 369 g/mol. The first kappa shape index (κ1) is 18.0. The van der Waals surface area contributed by atoms with E-state index in [1.165, 1.54) is 18.9 Å². The molecule has 3 rings (SSSR count). The second-order valence-electron chi connectivity index (χ2n) is 5.62. The van der Waals surface area contributed by atoms with Crippen molar-refractivity contribution < 1.29 is 13.9 Å². The fourth-order valence-electron chi connectivity index (χ4n) is 2.49. The Labute approximate surface area is 155 Å². The van der Waals surface area contributed by atoms with Crippen LogP contribution in [0.15, 0.2) is 58.6 Å². The predicted octanol–water partition coefficient (Wildman–Crippen LogP) is 4.11. The van der Waals surface area contributed by atoms with Gasteiger partial charge in [-0.05, 0) is 25.1 Å². The molecule has 2 aromatic heterocycles. The standard InChI is InChI=1S/C19H19N3O3S/c1-4-10-22-17(14-7-5-6-13(2)11-14)20-21-19(22)26-12-15-8-9-16(25-15)18(23)24-3/h4-9,11H,1,10,12H2,2-3H3. The van der Waals surface area contributed by atoms with Gasteiger partial charge in [0, 0.05) is 12.1 Å². The number of hydrogen-bond donors (Lipinski definition) is 0. The van der Waals surface area contributed by atoms with Crippen molar-refractivity contribution in [3.63, 3.8) is 0 Å². The van der Waals surface area contributed by atoms with Gasteiger partial charge in [-0.1, -0.05) is 41.6 Å². The molecule has 7 heteroatoms. The lowest BCUT2D eigenvalue weighted by atomic mass is 10.1. The van der Waals surface area contributed by atoms with E-state index in [2.05, 4.69) is 27.6 Å². The van der Waals surface area contributed by atoms with Gasteiger partial charge in [0.05, 0.1) is 12.9 Å². The lowest BCUT2D eigenvalue weighted by Gasteiger charge is -2.07. The SMILES string of the molecule is C=CCn1c(SCc2ccc(C(=O)OC)o2)nnc1-c1cccc(C)c1. The summed E-state index contributed by atoms with van der Waals surface area (Å²) in [5.41, 5.74) is 2.17. The van der Waals surface area contributed by atoms with E-state index in [1.807, 2.05) is 35.8 Å². The Balaban J connectivity index is 1.81. The summed E-state index contributed by atoms with van der Waals surface area (Å²) in [4.78, 5) is 11.5. The molecule has 0 N–H and O–H groups in total. The topological polar surface area (TPSA) is 70.2 Å². The van der Waals surface area contributed by atoms with E-state index >= 15 is 0 Å². The zero-order valence-corrected chi connectivity index (χ0v) is 15.5. The van der Waals surface area contributed by atoms with Crippen LogP contribution in [0.5, 0.6) is 0 Å². The number of carbonyl (C=O) groups excluding carboxylic acids is 1. The van der Waals surface area contributed by atoms with Crippen molar-refractivity contribution >= 4 is 17.7 Å². The maximum atomic E-state index is 11.5. The number of aryl methyl sites for hydroxylation is 1. The molecule has 0 unspecified atom stereocenters. The summed E-state index contributed by atoms with van der Waals surface area (Å²) in [6, 6.07) is 11.5. The molecule has 134 valence electrons. The number of furan rings is 1. The molecule has 2 heterocycles. The molecule has 1 aromatic carbocycles. The number of nitrogens with zero attached hydrogens (tertiary/aromatic N) is 3. The molecule has 0 aliphatic heterocycles. The minimum Gasteiger partial charge on any atom is -0.463 e. The number of benzene rings is 1. The van der Waals surface area contributed by atoms with E-state index < -0.39 is 5.97 Å². The second kappa shape index (κ2) is 8.05. The maximum Gasteiger partial charge on any atom is 0.373 e. The van der Waals surface area contributed by atoms with Crippen molar-refractivity contribution in [3.8, 4) is 11.4 Å². The molecule has 0 aliphatic rings. The van der Waals surface area contributed by atoms with Crippen LogP contribution in [0.3, 0.4) is 0 Å². The van der Waals surface area contributed by atoms with Crippen LogP contribution in [0.4, 0.5) is 0 Å². The summed E-state index contributed by atoms with van der Waals surface area (Å²) < 4.78 is 12.2. The summed E-state index contributed by atoms with van der Waals surface area (Å²) in [6.45, 7) is 6.47. The molecular formula is C19H19N3O3S. The van der Waals surface area contributed by atoms with E-state index in [0.717, 1.165) is 22.1 Å². The van der Waals surface area contributed by atoms with Crippen LogP contribution in [0, 0.1) is 6.92 Å². The van der Waals surface area contributed by atoms with Crippen molar-refractivity contribution in [1.82, 2.24) is 14.8 Å². The molecule has 0 saturated heterocycles. The molecule has 0 saturated carbocycles. The molecule has 0 atom stereocenters. The van der Waals surface area contributed by atoms with Crippen molar-refractivity contribution in [2.75, 3.05) is 7.11 Å². The largest absolute Gasteiger partial charge is 0.463 e. The minimum atomic E-state index is -0.488. The van der Waals surface area contributed by atoms with Crippen LogP contribution in [-0.2, 0) is 17.0 Å². The highest BCUT2D eigenvalue weighted by molar-refractivity contribution is 7.98. The van der Waals surface area contributed by atoms with Crippen LogP contribution in [-0.4, -0.2) is 27.8 Å². The molecule has 0 fully saturated rings. The van der Waals surface area contributed by atoms with Gasteiger partial charge >= 0.3 is 5.97 Å². The van der Waals surface area contributed by atoms with E-state index in [4.69, 9.17) is 4.42 Å². The molecule has 0 bridgehead atoms. The highest BCUT2D eigenvalue weighted by atomic mass is 32.2. The summed E-state index contributed by atoms with van der Waals surface area (Å²) in [5.74, 6) is 1.69. The number of thioether (sulfide) groups is 1. The van der Waals surface area contributed by atoms with Crippen LogP contribution >= 0.6 is 11.8 Å². The number of hydrogen-bond acceptors (Lipinski definition) is 6. The average molecular weight is 369 g/mol. The number of ether oxygens (including phenoxy) is 1. The van der Waals surface area contributed by atoms with Gasteiger partial charge < -0.3 is 9.15 Å². The molecule has 0 aliphatic carbocycles. The summed E-state index contributed by atoms with van der Waals surface area (Å²) in [6.07, 6.45) is 1.81. The van der Waals surface area contributed by atoms with Gasteiger partial charge in [-0.3, -0.25) is 4.57 Å². The molecule has 0 spiro atoms. The lowest BCUT2D eigenvalue weighted by molar-refractivity contribution is 0.0563. The normalized spacial score (nSPS) is 10.7. The Hall–Kier alpha value is -2.80. The van der Waals surface area contributed by atoms with Gasteiger partial charge in [0.1, 0.15) is 5.76 Å². The smallest absolute Gasteiger partial charge is 0.373 e. The molecule has 26 heavy (non-hydrogen) atoms. The Bertz CT molecular complexity index is 930. The fraction of sp³-hybridized carbons (Fsp3) is 0.211. The number of methoxy groups -OCH3 is 1. The van der Waals surface area contributed by atoms with E-state index in [0.29, 0.717) is 18.1 Å². The van der Waals surface area contributed by atoms with Gasteiger partial charge in [0.25, 0.3) is 0 Å². The van der Waals surface area contributed by atoms with Crippen molar-refractivity contribution in [2.45, 2.75) is 24.4 Å². The Kier molecular flexibility index (Phi) is 5.58. The quantitative estimate of drug-likeness (QED) is 0.355. The second-order valence-corrected chi connectivity index (χ2v) is 6.56. The minimum absolute atomic E-state index is 0.191. The number of carbonyl (C=O) groups is 1. The zero-order valence-electron chi connectivity index (χ0n) is 14.6. The Morgan fingerprint density at radius 2 is 2.19 bits per heavy atom. The number of esters is 1. The van der Waals surface area contributed by atoms with Crippen LogP contribution < -0.4 is 0 Å². The van der Waals surface area contributed by atoms with E-state index in [-0.39, 0.29) is 5.76 Å². The highest BCUT2D eigenvalue weighted by Gasteiger charge is 2.16. The Morgan fingerprint density at radius 3 is 2.92 bits per heavy atom. The first-order valence-electron chi connectivity index (χ1n) is 8.03. The van der Waals surface area contributed by atoms with Gasteiger partial charge in [0.15, 0.2) is 11.0 Å². The predicted molar refractivity (Wildman–Crippen MR) is 100 cm³/mol. The lowest BCUT2D eigenvalue weighted by Crippen LogP contribution is -2.01. The molecule has 0 radical (unpaired) electrons. The van der Waals surface area contributed by atoms with Crippen molar-refractivity contribution in [1.29, 1.82) is 0 Å². The number of aromatic nitrogens is 3. The molecule has 6 nitrogen and oxygen atoms in total. The summed E-state index contributed by atoms with van der Waals surface area (Å²) >= 11 is 1.49. The van der Waals surface area contributed by atoms with Gasteiger partial charge in [-0.2, -0.15) is 0 Å². The number of rotatable bonds is 7.